The number of fused-ring (bicyclic) bond motifs is 1. The monoisotopic (exact) mass is 343 g/mol. The van der Waals surface area contributed by atoms with Gasteiger partial charge < -0.3 is 10.2 Å². The van der Waals surface area contributed by atoms with Crippen LogP contribution in [-0.4, -0.2) is 47.2 Å². The van der Waals surface area contributed by atoms with Gasteiger partial charge in [-0.2, -0.15) is 9.69 Å². The number of anilines is 1. The lowest BCUT2D eigenvalue weighted by Gasteiger charge is -2.30. The molecule has 1 aromatic heterocycles. The number of amides is 2. The summed E-state index contributed by atoms with van der Waals surface area (Å²) in [6, 6.07) is 5.64. The minimum Gasteiger partial charge on any atom is -0.367 e. The summed E-state index contributed by atoms with van der Waals surface area (Å²) >= 11 is 0. The average molecular weight is 343 g/mol. The van der Waals surface area contributed by atoms with Gasteiger partial charge in [-0.1, -0.05) is 6.07 Å². The summed E-state index contributed by atoms with van der Waals surface area (Å²) in [5.41, 5.74) is 1.92. The number of nitrogens with zero attached hydrogens (tertiary/aromatic N) is 4. The third-order valence-electron chi connectivity index (χ3n) is 4.94. The molecule has 0 spiro atoms. The first-order chi connectivity index (χ1) is 12.1. The van der Waals surface area contributed by atoms with Crippen molar-refractivity contribution in [1.29, 1.82) is 0 Å². The summed E-state index contributed by atoms with van der Waals surface area (Å²) < 4.78 is 2.77. The SMILES string of the molecule is Cn1c(=O)n(N2C(=O)CCCC2=O)c2cccc(N3CCNCC3)c21. The summed E-state index contributed by atoms with van der Waals surface area (Å²) in [4.78, 5) is 39.7. The molecule has 132 valence electrons. The molecule has 0 atom stereocenters. The largest absolute Gasteiger partial charge is 0.367 e. The fourth-order valence-electron chi connectivity index (χ4n) is 3.69. The molecule has 0 radical (unpaired) electrons. The van der Waals surface area contributed by atoms with Crippen LogP contribution in [0.2, 0.25) is 0 Å². The summed E-state index contributed by atoms with van der Waals surface area (Å²) in [7, 11) is 1.69. The number of benzene rings is 1. The first-order valence-electron chi connectivity index (χ1n) is 8.62. The Bertz CT molecular complexity index is 891. The second kappa shape index (κ2) is 6.03. The van der Waals surface area contributed by atoms with Gasteiger partial charge in [-0.25, -0.2) is 4.79 Å². The van der Waals surface area contributed by atoms with Gasteiger partial charge in [-0.3, -0.25) is 14.2 Å². The van der Waals surface area contributed by atoms with Crippen molar-refractivity contribution in [3.8, 4) is 0 Å². The molecule has 8 heteroatoms. The molecule has 0 bridgehead atoms. The van der Waals surface area contributed by atoms with Gasteiger partial charge >= 0.3 is 5.69 Å². The second-order valence-electron chi connectivity index (χ2n) is 6.49. The molecule has 1 aromatic carbocycles. The number of aryl methyl sites for hydroxylation is 1. The fraction of sp³-hybridized carbons (Fsp3) is 0.471. The Balaban J connectivity index is 1.92. The molecule has 0 unspecified atom stereocenters. The molecule has 2 saturated heterocycles. The van der Waals surface area contributed by atoms with Gasteiger partial charge in [-0.15, -0.1) is 0 Å². The number of piperidine rings is 1. The van der Waals surface area contributed by atoms with Crippen molar-refractivity contribution in [2.45, 2.75) is 19.3 Å². The van der Waals surface area contributed by atoms with Crippen LogP contribution in [0, 0.1) is 0 Å². The van der Waals surface area contributed by atoms with E-state index < -0.39 is 0 Å². The predicted molar refractivity (Wildman–Crippen MR) is 94.3 cm³/mol. The molecule has 2 fully saturated rings. The van der Waals surface area contributed by atoms with Gasteiger partial charge in [0.1, 0.15) is 0 Å². The third-order valence-corrected chi connectivity index (χ3v) is 4.94. The van der Waals surface area contributed by atoms with E-state index in [4.69, 9.17) is 0 Å². The van der Waals surface area contributed by atoms with Crippen LogP contribution in [0.25, 0.3) is 11.0 Å². The van der Waals surface area contributed by atoms with Crippen molar-refractivity contribution in [2.24, 2.45) is 7.05 Å². The van der Waals surface area contributed by atoms with Crippen LogP contribution in [-0.2, 0) is 16.6 Å². The first kappa shape index (κ1) is 15.9. The van der Waals surface area contributed by atoms with Crippen LogP contribution < -0.4 is 20.9 Å². The van der Waals surface area contributed by atoms with Gasteiger partial charge in [0.15, 0.2) is 0 Å². The van der Waals surface area contributed by atoms with Crippen molar-refractivity contribution >= 4 is 28.5 Å². The van der Waals surface area contributed by atoms with Crippen molar-refractivity contribution in [3.63, 3.8) is 0 Å². The van der Waals surface area contributed by atoms with Crippen molar-refractivity contribution < 1.29 is 9.59 Å². The van der Waals surface area contributed by atoms with Crippen LogP contribution in [0.4, 0.5) is 5.69 Å². The van der Waals surface area contributed by atoms with E-state index in [0.29, 0.717) is 11.9 Å². The lowest BCUT2D eigenvalue weighted by molar-refractivity contribution is -0.131. The average Bonchev–Trinajstić information content (AvgIpc) is 2.88. The standard InChI is InChI=1S/C17H21N5O3/c1-19-16-12(20-10-8-18-9-11-20)4-2-5-13(16)21(17(19)25)22-14(23)6-3-7-15(22)24/h2,4-5,18H,3,6-11H2,1H3. The zero-order valence-electron chi connectivity index (χ0n) is 14.2. The molecule has 2 aliphatic heterocycles. The Morgan fingerprint density at radius 1 is 1.00 bits per heavy atom. The molecular weight excluding hydrogens is 322 g/mol. The number of imidazole rings is 1. The van der Waals surface area contributed by atoms with Crippen LogP contribution in [0.5, 0.6) is 0 Å². The quantitative estimate of drug-likeness (QED) is 0.772. The Kier molecular flexibility index (Phi) is 3.84. The van der Waals surface area contributed by atoms with E-state index in [2.05, 4.69) is 10.2 Å². The smallest absolute Gasteiger partial charge is 0.348 e. The van der Waals surface area contributed by atoms with E-state index in [0.717, 1.165) is 42.4 Å². The van der Waals surface area contributed by atoms with Crippen LogP contribution in [0.15, 0.2) is 23.0 Å². The predicted octanol–water partition coefficient (Wildman–Crippen LogP) is -0.0753. The normalized spacial score (nSPS) is 19.1. The van der Waals surface area contributed by atoms with Crippen LogP contribution >= 0.6 is 0 Å². The molecular formula is C17H21N5O3. The molecule has 8 nitrogen and oxygen atoms in total. The highest BCUT2D eigenvalue weighted by Crippen LogP contribution is 2.27. The molecule has 0 saturated carbocycles. The number of hydrogen-bond donors (Lipinski definition) is 1. The maximum Gasteiger partial charge on any atom is 0.348 e. The number of aromatic nitrogens is 2. The fourth-order valence-corrected chi connectivity index (χ4v) is 3.69. The lowest BCUT2D eigenvalue weighted by atomic mass is 10.1. The molecule has 3 heterocycles. The van der Waals surface area contributed by atoms with Crippen LogP contribution in [0.1, 0.15) is 19.3 Å². The number of carbonyl (C=O) groups is 2. The molecule has 2 aliphatic rings. The third kappa shape index (κ3) is 2.44. The maximum atomic E-state index is 12.9. The van der Waals surface area contributed by atoms with Gasteiger partial charge in [0.05, 0.1) is 16.7 Å². The summed E-state index contributed by atoms with van der Waals surface area (Å²) in [6.07, 6.45) is 1.11. The van der Waals surface area contributed by atoms with Gasteiger partial charge in [0, 0.05) is 46.1 Å². The molecule has 1 N–H and O–H groups in total. The van der Waals surface area contributed by atoms with Crippen molar-refractivity contribution in [3.05, 3.63) is 28.7 Å². The van der Waals surface area contributed by atoms with Crippen molar-refractivity contribution in [2.75, 3.05) is 36.1 Å². The van der Waals surface area contributed by atoms with Crippen molar-refractivity contribution in [1.82, 2.24) is 14.6 Å². The van der Waals surface area contributed by atoms with E-state index in [1.807, 2.05) is 12.1 Å². The molecule has 2 aromatic rings. The van der Waals surface area contributed by atoms with Crippen LogP contribution in [0.3, 0.4) is 0 Å². The Hall–Kier alpha value is -2.61. The van der Waals surface area contributed by atoms with Gasteiger partial charge in [0.2, 0.25) is 11.8 Å². The molecule has 25 heavy (non-hydrogen) atoms. The van der Waals surface area contributed by atoms with Gasteiger partial charge in [-0.05, 0) is 18.6 Å². The lowest BCUT2D eigenvalue weighted by Crippen LogP contribution is -2.52. The van der Waals surface area contributed by atoms with E-state index in [9.17, 15) is 14.4 Å². The van der Waals surface area contributed by atoms with E-state index in [1.165, 1.54) is 9.24 Å². The summed E-state index contributed by atoms with van der Waals surface area (Å²) in [5, 5.41) is 4.34. The molecule has 2 amide bonds. The number of nitrogens with one attached hydrogen (secondary N) is 1. The minimum atomic E-state index is -0.374. The summed E-state index contributed by atoms with van der Waals surface area (Å²) in [6.45, 7) is 3.46. The first-order valence-corrected chi connectivity index (χ1v) is 8.62. The number of imide groups is 1. The Morgan fingerprint density at radius 2 is 1.68 bits per heavy atom. The number of rotatable bonds is 2. The number of hydrogen-bond acceptors (Lipinski definition) is 5. The van der Waals surface area contributed by atoms with Gasteiger partial charge in [0.25, 0.3) is 0 Å². The highest BCUT2D eigenvalue weighted by molar-refractivity contribution is 6.11. The minimum absolute atomic E-state index is 0.284. The number of carbonyl (C=O) groups excluding carboxylic acids is 2. The zero-order valence-corrected chi connectivity index (χ0v) is 14.2. The number of piperazine rings is 1. The van der Waals surface area contributed by atoms with E-state index >= 15 is 0 Å². The van der Waals surface area contributed by atoms with E-state index in [1.54, 1.807) is 13.1 Å². The topological polar surface area (TPSA) is 79.6 Å². The number of para-hydroxylation sites is 1. The highest BCUT2D eigenvalue weighted by Gasteiger charge is 2.31. The Morgan fingerprint density at radius 3 is 2.36 bits per heavy atom. The second-order valence-corrected chi connectivity index (χ2v) is 6.49. The van der Waals surface area contributed by atoms with E-state index in [-0.39, 0.29) is 30.3 Å². The zero-order chi connectivity index (χ0) is 17.6. The maximum absolute atomic E-state index is 12.9. The Labute approximate surface area is 144 Å². The molecule has 0 aliphatic carbocycles. The molecule has 4 rings (SSSR count). The highest BCUT2D eigenvalue weighted by atomic mass is 16.2. The summed E-state index contributed by atoms with van der Waals surface area (Å²) in [5.74, 6) is -0.642.